The van der Waals surface area contributed by atoms with Crippen molar-refractivity contribution in [3.05, 3.63) is 39.9 Å². The molecule has 1 aliphatic heterocycles. The number of hydrogen-bond donors (Lipinski definition) is 1. The van der Waals surface area contributed by atoms with Crippen molar-refractivity contribution in [3.63, 3.8) is 0 Å². The topological polar surface area (TPSA) is 75.5 Å². The van der Waals surface area contributed by atoms with Gasteiger partial charge in [-0.15, -0.1) is 0 Å². The van der Waals surface area contributed by atoms with Crippen LogP contribution in [0.15, 0.2) is 24.3 Å². The molecule has 6 nitrogen and oxygen atoms in total. The number of carbonyl (C=O) groups excluding carboxylic acids is 1. The van der Waals surface area contributed by atoms with E-state index in [0.717, 1.165) is 25.7 Å². The van der Waals surface area contributed by atoms with Gasteiger partial charge in [-0.25, -0.2) is 0 Å². The summed E-state index contributed by atoms with van der Waals surface area (Å²) in [5.74, 6) is 0.0753. The van der Waals surface area contributed by atoms with E-state index in [4.69, 9.17) is 0 Å². The maximum atomic E-state index is 12.5. The lowest BCUT2D eigenvalue weighted by molar-refractivity contribution is -0.385. The highest BCUT2D eigenvalue weighted by molar-refractivity contribution is 5.82. The van der Waals surface area contributed by atoms with Gasteiger partial charge in [-0.3, -0.25) is 14.9 Å². The number of nitrogens with zero attached hydrogens (tertiary/aromatic N) is 2. The first-order chi connectivity index (χ1) is 10.1. The van der Waals surface area contributed by atoms with Crippen LogP contribution in [0.25, 0.3) is 0 Å². The normalized spacial score (nSPS) is 22.4. The second-order valence-corrected chi connectivity index (χ2v) is 5.78. The second-order valence-electron chi connectivity index (χ2n) is 5.78. The molecule has 1 aromatic rings. The Labute approximate surface area is 123 Å². The summed E-state index contributed by atoms with van der Waals surface area (Å²) < 4.78 is 0. The molecule has 1 unspecified atom stereocenters. The van der Waals surface area contributed by atoms with E-state index in [0.29, 0.717) is 24.7 Å². The molecular formula is C15H19N3O3. The van der Waals surface area contributed by atoms with Crippen LogP contribution in [-0.2, 0) is 11.3 Å². The lowest BCUT2D eigenvalue weighted by Gasteiger charge is -2.32. The molecule has 1 N–H and O–H groups in total. The lowest BCUT2D eigenvalue weighted by atomic mass is 10.0. The Kier molecular flexibility index (Phi) is 3.88. The van der Waals surface area contributed by atoms with Gasteiger partial charge < -0.3 is 10.2 Å². The molecular weight excluding hydrogens is 270 g/mol. The third kappa shape index (κ3) is 3.21. The van der Waals surface area contributed by atoms with Crippen LogP contribution in [0.1, 0.15) is 31.2 Å². The molecule has 112 valence electrons. The quantitative estimate of drug-likeness (QED) is 0.663. The third-order valence-electron chi connectivity index (χ3n) is 4.09. The smallest absolute Gasteiger partial charge is 0.274 e. The Hall–Kier alpha value is -1.95. The molecule has 1 amide bonds. The first-order valence-electron chi connectivity index (χ1n) is 7.42. The Morgan fingerprint density at radius 2 is 2.05 bits per heavy atom. The molecule has 1 atom stereocenters. The molecule has 0 spiro atoms. The molecule has 0 radical (unpaired) electrons. The number of benzene rings is 1. The van der Waals surface area contributed by atoms with E-state index < -0.39 is 0 Å². The molecule has 2 aliphatic rings. The van der Waals surface area contributed by atoms with E-state index in [1.807, 2.05) is 0 Å². The molecule has 1 saturated heterocycles. The number of piperidine rings is 1. The van der Waals surface area contributed by atoms with Crippen LogP contribution in [0.4, 0.5) is 5.69 Å². The summed E-state index contributed by atoms with van der Waals surface area (Å²) in [5.41, 5.74) is 0.686. The zero-order chi connectivity index (χ0) is 14.8. The molecule has 6 heteroatoms. The van der Waals surface area contributed by atoms with Crippen LogP contribution in [0, 0.1) is 10.1 Å². The Bertz CT molecular complexity index is 557. The van der Waals surface area contributed by atoms with Crippen molar-refractivity contribution >= 4 is 11.6 Å². The van der Waals surface area contributed by atoms with Gasteiger partial charge >= 0.3 is 0 Å². The summed E-state index contributed by atoms with van der Waals surface area (Å²) in [5, 5.41) is 14.4. The van der Waals surface area contributed by atoms with Crippen molar-refractivity contribution in [2.45, 2.75) is 44.3 Å². The van der Waals surface area contributed by atoms with Crippen molar-refractivity contribution < 1.29 is 9.72 Å². The van der Waals surface area contributed by atoms with Crippen molar-refractivity contribution in [3.8, 4) is 0 Å². The van der Waals surface area contributed by atoms with Crippen LogP contribution < -0.4 is 5.32 Å². The fourth-order valence-corrected chi connectivity index (χ4v) is 2.81. The van der Waals surface area contributed by atoms with E-state index >= 15 is 0 Å². The van der Waals surface area contributed by atoms with Crippen LogP contribution in [-0.4, -0.2) is 34.4 Å². The van der Waals surface area contributed by atoms with Gasteiger partial charge in [0.25, 0.3) is 5.69 Å². The fourth-order valence-electron chi connectivity index (χ4n) is 2.81. The predicted octanol–water partition coefficient (Wildman–Crippen LogP) is 1.84. The van der Waals surface area contributed by atoms with Crippen molar-refractivity contribution in [1.29, 1.82) is 0 Å². The number of likely N-dealkylation sites (tertiary alicyclic amines) is 1. The summed E-state index contributed by atoms with van der Waals surface area (Å²) in [6.45, 7) is 0.993. The highest BCUT2D eigenvalue weighted by atomic mass is 16.6. The maximum Gasteiger partial charge on any atom is 0.274 e. The summed E-state index contributed by atoms with van der Waals surface area (Å²) in [6.07, 6.45) is 4.10. The number of hydrogen-bond acceptors (Lipinski definition) is 4. The summed E-state index contributed by atoms with van der Waals surface area (Å²) in [4.78, 5) is 24.9. The van der Waals surface area contributed by atoms with E-state index in [1.165, 1.54) is 6.07 Å². The zero-order valence-electron chi connectivity index (χ0n) is 11.8. The average Bonchev–Trinajstić information content (AvgIpc) is 3.28. The standard InChI is InChI=1S/C15H19N3O3/c19-15-13(16-12-7-8-12)5-3-9-17(15)10-11-4-1-2-6-14(11)18(20)21/h1-2,4,6,12-13,16H,3,5,7-10H2. The van der Waals surface area contributed by atoms with E-state index in [2.05, 4.69) is 5.32 Å². The number of rotatable bonds is 5. The molecule has 2 fully saturated rings. The average molecular weight is 289 g/mol. The molecule has 0 aromatic heterocycles. The minimum Gasteiger partial charge on any atom is -0.337 e. The minimum atomic E-state index is -0.385. The molecule has 1 aliphatic carbocycles. The summed E-state index contributed by atoms with van der Waals surface area (Å²) >= 11 is 0. The van der Waals surface area contributed by atoms with E-state index in [9.17, 15) is 14.9 Å². The molecule has 1 heterocycles. The van der Waals surface area contributed by atoms with Gasteiger partial charge in [-0.2, -0.15) is 0 Å². The van der Waals surface area contributed by atoms with Crippen molar-refractivity contribution in [1.82, 2.24) is 10.2 Å². The molecule has 21 heavy (non-hydrogen) atoms. The maximum absolute atomic E-state index is 12.5. The Morgan fingerprint density at radius 3 is 2.76 bits per heavy atom. The first kappa shape index (κ1) is 14.0. The van der Waals surface area contributed by atoms with Gasteiger partial charge in [0.15, 0.2) is 0 Å². The van der Waals surface area contributed by atoms with Gasteiger partial charge in [-0.05, 0) is 25.7 Å². The molecule has 0 bridgehead atoms. The van der Waals surface area contributed by atoms with Crippen LogP contribution in [0.2, 0.25) is 0 Å². The highest BCUT2D eigenvalue weighted by Crippen LogP contribution is 2.25. The number of nitrogens with one attached hydrogen (secondary N) is 1. The monoisotopic (exact) mass is 289 g/mol. The van der Waals surface area contributed by atoms with Crippen LogP contribution in [0.3, 0.4) is 0 Å². The highest BCUT2D eigenvalue weighted by Gasteiger charge is 2.33. The number of nitro benzene ring substituents is 1. The van der Waals surface area contributed by atoms with Crippen molar-refractivity contribution in [2.24, 2.45) is 0 Å². The predicted molar refractivity (Wildman–Crippen MR) is 77.7 cm³/mol. The van der Waals surface area contributed by atoms with E-state index in [-0.39, 0.29) is 22.6 Å². The molecule has 1 aromatic carbocycles. The number of amides is 1. The summed E-state index contributed by atoms with van der Waals surface area (Å²) in [7, 11) is 0. The fraction of sp³-hybridized carbons (Fsp3) is 0.533. The van der Waals surface area contributed by atoms with Crippen LogP contribution >= 0.6 is 0 Å². The second kappa shape index (κ2) is 5.81. The number of para-hydroxylation sites is 1. The van der Waals surface area contributed by atoms with Gasteiger partial charge in [0.2, 0.25) is 5.91 Å². The van der Waals surface area contributed by atoms with Gasteiger partial charge in [0.05, 0.1) is 17.5 Å². The van der Waals surface area contributed by atoms with Gasteiger partial charge in [0.1, 0.15) is 0 Å². The zero-order valence-corrected chi connectivity index (χ0v) is 11.8. The van der Waals surface area contributed by atoms with Crippen LogP contribution in [0.5, 0.6) is 0 Å². The lowest BCUT2D eigenvalue weighted by Crippen LogP contribution is -2.50. The van der Waals surface area contributed by atoms with Gasteiger partial charge in [-0.1, -0.05) is 18.2 Å². The molecule has 1 saturated carbocycles. The SMILES string of the molecule is O=C1C(NC2CC2)CCCN1Cc1ccccc1[N+](=O)[O-]. The Balaban J connectivity index is 1.71. The third-order valence-corrected chi connectivity index (χ3v) is 4.09. The number of nitro groups is 1. The largest absolute Gasteiger partial charge is 0.337 e. The van der Waals surface area contributed by atoms with Gasteiger partial charge in [0, 0.05) is 24.2 Å². The minimum absolute atomic E-state index is 0.0753. The first-order valence-corrected chi connectivity index (χ1v) is 7.42. The van der Waals surface area contributed by atoms with Crippen molar-refractivity contribution in [2.75, 3.05) is 6.54 Å². The number of carbonyl (C=O) groups is 1. The summed E-state index contributed by atoms with van der Waals surface area (Å²) in [6, 6.07) is 7.01. The Morgan fingerprint density at radius 1 is 1.29 bits per heavy atom. The van der Waals surface area contributed by atoms with E-state index in [1.54, 1.807) is 23.1 Å². The molecule has 3 rings (SSSR count).